The Morgan fingerprint density at radius 3 is 2.53 bits per heavy atom. The smallest absolute Gasteiger partial charge is 0.251 e. The average Bonchev–Trinajstić information content (AvgIpc) is 3.60. The molecule has 2 aromatic carbocycles. The number of aryl methyl sites for hydroxylation is 2. The van der Waals surface area contributed by atoms with Crippen molar-refractivity contribution < 1.29 is 14.3 Å². The summed E-state index contributed by atoms with van der Waals surface area (Å²) in [6, 6.07) is 13.2. The summed E-state index contributed by atoms with van der Waals surface area (Å²) in [5.74, 6) is 0.584. The maximum atomic E-state index is 13.2. The van der Waals surface area contributed by atoms with Crippen LogP contribution in [0.2, 0.25) is 0 Å². The van der Waals surface area contributed by atoms with Gasteiger partial charge in [-0.15, -0.1) is 0 Å². The van der Waals surface area contributed by atoms with Crippen LogP contribution in [0, 0.1) is 13.8 Å². The summed E-state index contributed by atoms with van der Waals surface area (Å²) in [4.78, 5) is 30.3. The van der Waals surface area contributed by atoms with Gasteiger partial charge in [0.05, 0.1) is 18.3 Å². The van der Waals surface area contributed by atoms with Crippen molar-refractivity contribution >= 4 is 17.2 Å². The molecule has 0 saturated heterocycles. The first-order valence-corrected chi connectivity index (χ1v) is 11.4. The first-order chi connectivity index (χ1) is 16.4. The van der Waals surface area contributed by atoms with E-state index in [1.807, 2.05) is 32.0 Å². The van der Waals surface area contributed by atoms with Gasteiger partial charge in [0, 0.05) is 35.3 Å². The van der Waals surface area contributed by atoms with E-state index >= 15 is 0 Å². The summed E-state index contributed by atoms with van der Waals surface area (Å²) in [6.07, 6.45) is 5.89. The minimum atomic E-state index is -0.0773. The zero-order chi connectivity index (χ0) is 23.8. The number of nitrogens with zero attached hydrogens (tertiary/aromatic N) is 3. The number of hydrogen-bond donors (Lipinski definition) is 1. The quantitative estimate of drug-likeness (QED) is 0.426. The van der Waals surface area contributed by atoms with Gasteiger partial charge in [-0.25, -0.2) is 9.50 Å². The van der Waals surface area contributed by atoms with E-state index in [0.29, 0.717) is 34.9 Å². The number of carbonyl (C=O) groups excluding carboxylic acids is 2. The van der Waals surface area contributed by atoms with Crippen LogP contribution in [0.5, 0.6) is 5.75 Å². The van der Waals surface area contributed by atoms with Crippen LogP contribution >= 0.6 is 0 Å². The predicted octanol–water partition coefficient (Wildman–Crippen LogP) is 4.07. The SMILES string of the molecule is COc1ccc(C(=O)c2cn3ncnc(Cc4cc(C(=O)NC5CC5)ccc4C)c3c2C)cc1. The van der Waals surface area contributed by atoms with Crippen molar-refractivity contribution in [1.82, 2.24) is 19.9 Å². The fourth-order valence-electron chi connectivity index (χ4n) is 4.17. The van der Waals surface area contributed by atoms with Crippen molar-refractivity contribution in [3.63, 3.8) is 0 Å². The van der Waals surface area contributed by atoms with Crippen molar-refractivity contribution in [3.05, 3.63) is 94.1 Å². The summed E-state index contributed by atoms with van der Waals surface area (Å²) in [6.45, 7) is 3.95. The molecule has 1 fully saturated rings. The largest absolute Gasteiger partial charge is 0.497 e. The Balaban J connectivity index is 1.48. The summed E-state index contributed by atoms with van der Waals surface area (Å²) < 4.78 is 6.91. The molecule has 1 N–H and O–H groups in total. The molecule has 0 aliphatic heterocycles. The number of ether oxygens (including phenoxy) is 1. The second kappa shape index (κ2) is 8.74. The normalized spacial score (nSPS) is 13.1. The summed E-state index contributed by atoms with van der Waals surface area (Å²) in [7, 11) is 1.60. The van der Waals surface area contributed by atoms with Gasteiger partial charge in [-0.1, -0.05) is 6.07 Å². The summed E-state index contributed by atoms with van der Waals surface area (Å²) in [5, 5.41) is 7.39. The second-order valence-electron chi connectivity index (χ2n) is 8.79. The zero-order valence-electron chi connectivity index (χ0n) is 19.5. The highest BCUT2D eigenvalue weighted by Crippen LogP contribution is 2.26. The molecule has 1 saturated carbocycles. The molecule has 34 heavy (non-hydrogen) atoms. The van der Waals surface area contributed by atoms with E-state index in [2.05, 4.69) is 15.4 Å². The third-order valence-electron chi connectivity index (χ3n) is 6.38. The van der Waals surface area contributed by atoms with Gasteiger partial charge in [0.2, 0.25) is 0 Å². The number of carbonyl (C=O) groups is 2. The van der Waals surface area contributed by atoms with Crippen molar-refractivity contribution in [3.8, 4) is 5.75 Å². The van der Waals surface area contributed by atoms with Crippen molar-refractivity contribution in [2.24, 2.45) is 0 Å². The fraction of sp³-hybridized carbons (Fsp3) is 0.259. The van der Waals surface area contributed by atoms with Crippen molar-refractivity contribution in [1.29, 1.82) is 0 Å². The first kappa shape index (κ1) is 21.8. The van der Waals surface area contributed by atoms with Crippen LogP contribution in [0.15, 0.2) is 55.0 Å². The number of amides is 1. The van der Waals surface area contributed by atoms with E-state index in [1.54, 1.807) is 42.1 Å². The van der Waals surface area contributed by atoms with Crippen LogP contribution in [-0.2, 0) is 6.42 Å². The number of hydrogen-bond acceptors (Lipinski definition) is 5. The van der Waals surface area contributed by atoms with Crippen molar-refractivity contribution in [2.75, 3.05) is 7.11 Å². The zero-order valence-corrected chi connectivity index (χ0v) is 19.5. The van der Waals surface area contributed by atoms with Crippen LogP contribution in [0.1, 0.15) is 61.5 Å². The number of nitrogens with one attached hydrogen (secondary N) is 1. The highest BCUT2D eigenvalue weighted by molar-refractivity contribution is 6.11. The van der Waals surface area contributed by atoms with Gasteiger partial charge >= 0.3 is 0 Å². The van der Waals surface area contributed by atoms with E-state index in [0.717, 1.165) is 40.7 Å². The average molecular weight is 455 g/mol. The Morgan fingerprint density at radius 1 is 1.09 bits per heavy atom. The molecular weight excluding hydrogens is 428 g/mol. The lowest BCUT2D eigenvalue weighted by atomic mass is 9.98. The molecular formula is C27H26N4O3. The van der Waals surface area contributed by atoms with Crippen molar-refractivity contribution in [2.45, 2.75) is 39.2 Å². The standard InChI is InChI=1S/C27H26N4O3/c1-16-4-5-19(27(33)30-21-8-9-21)12-20(16)13-24-25-17(2)23(14-31(25)29-15-28-24)26(32)18-6-10-22(34-3)11-7-18/h4-7,10-12,14-15,21H,8-9,13H2,1-3H3,(H,30,33). The molecule has 7 heteroatoms. The van der Waals surface area contributed by atoms with Gasteiger partial charge in [-0.2, -0.15) is 5.10 Å². The van der Waals surface area contributed by atoms with E-state index in [4.69, 9.17) is 4.74 Å². The fourth-order valence-corrected chi connectivity index (χ4v) is 4.17. The molecule has 2 aromatic heterocycles. The van der Waals surface area contributed by atoms with E-state index < -0.39 is 0 Å². The Morgan fingerprint density at radius 2 is 1.82 bits per heavy atom. The molecule has 172 valence electrons. The first-order valence-electron chi connectivity index (χ1n) is 11.4. The maximum absolute atomic E-state index is 13.2. The van der Waals surface area contributed by atoms with Gasteiger partial charge in [-0.3, -0.25) is 9.59 Å². The van der Waals surface area contributed by atoms with Gasteiger partial charge in [0.15, 0.2) is 5.78 Å². The molecule has 1 aliphatic rings. The lowest BCUT2D eigenvalue weighted by Gasteiger charge is -2.10. The lowest BCUT2D eigenvalue weighted by molar-refractivity contribution is 0.0950. The third kappa shape index (κ3) is 4.17. The number of fused-ring (bicyclic) bond motifs is 1. The van der Waals surface area contributed by atoms with Crippen LogP contribution < -0.4 is 10.1 Å². The molecule has 0 unspecified atom stereocenters. The molecule has 2 heterocycles. The summed E-state index contributed by atoms with van der Waals surface area (Å²) in [5.41, 5.74) is 6.37. The minimum Gasteiger partial charge on any atom is -0.497 e. The monoisotopic (exact) mass is 454 g/mol. The van der Waals surface area contributed by atoms with Crippen LogP contribution in [0.4, 0.5) is 0 Å². The molecule has 0 atom stereocenters. The maximum Gasteiger partial charge on any atom is 0.251 e. The van der Waals surface area contributed by atoms with Gasteiger partial charge in [0.25, 0.3) is 5.91 Å². The molecule has 5 rings (SSSR count). The Bertz CT molecular complexity index is 1400. The van der Waals surface area contributed by atoms with Gasteiger partial charge < -0.3 is 10.1 Å². The number of ketones is 1. The van der Waals surface area contributed by atoms with Crippen LogP contribution in [0.25, 0.3) is 5.52 Å². The van der Waals surface area contributed by atoms with Gasteiger partial charge in [-0.05, 0) is 79.8 Å². The van der Waals surface area contributed by atoms with Crippen LogP contribution in [0.3, 0.4) is 0 Å². The minimum absolute atomic E-state index is 0.0391. The number of aromatic nitrogens is 3. The Labute approximate surface area is 197 Å². The number of benzene rings is 2. The second-order valence-corrected chi connectivity index (χ2v) is 8.79. The van der Waals surface area contributed by atoms with Gasteiger partial charge in [0.1, 0.15) is 12.1 Å². The number of methoxy groups -OCH3 is 1. The third-order valence-corrected chi connectivity index (χ3v) is 6.38. The predicted molar refractivity (Wildman–Crippen MR) is 129 cm³/mol. The Hall–Kier alpha value is -4.00. The lowest BCUT2D eigenvalue weighted by Crippen LogP contribution is -2.25. The van der Waals surface area contributed by atoms with E-state index in [-0.39, 0.29) is 11.7 Å². The topological polar surface area (TPSA) is 85.6 Å². The molecule has 0 radical (unpaired) electrons. The molecule has 1 amide bonds. The molecule has 1 aliphatic carbocycles. The van der Waals surface area contributed by atoms with E-state index in [1.165, 1.54) is 6.33 Å². The molecule has 0 spiro atoms. The molecule has 7 nitrogen and oxygen atoms in total. The highest BCUT2D eigenvalue weighted by Gasteiger charge is 2.24. The van der Waals surface area contributed by atoms with Crippen LogP contribution in [-0.4, -0.2) is 39.4 Å². The molecule has 4 aromatic rings. The summed E-state index contributed by atoms with van der Waals surface area (Å²) >= 11 is 0. The van der Waals surface area contributed by atoms with E-state index in [9.17, 15) is 9.59 Å². The highest BCUT2D eigenvalue weighted by atomic mass is 16.5. The number of rotatable bonds is 7. The Kier molecular flexibility index (Phi) is 5.61. The molecule has 0 bridgehead atoms.